The third-order valence-electron chi connectivity index (χ3n) is 6.30. The van der Waals surface area contributed by atoms with E-state index in [1.54, 1.807) is 44.6 Å². The smallest absolute Gasteiger partial charge is 0.209 e. The predicted octanol–water partition coefficient (Wildman–Crippen LogP) is 3.09. The first-order valence-electron chi connectivity index (χ1n) is 7.00. The van der Waals surface area contributed by atoms with Crippen LogP contribution in [0.4, 0.5) is 0 Å². The zero-order valence-electron chi connectivity index (χ0n) is 10.7. The maximum Gasteiger partial charge on any atom is 0.209 e. The molecular weight excluding hydrogens is 181 g/mol. The molecule has 0 aromatic heterocycles. The number of fused-ring (bicyclic) bond motifs is 1. The lowest BCUT2D eigenvalue weighted by Gasteiger charge is -2.58. The first kappa shape index (κ1) is 10.2. The van der Waals surface area contributed by atoms with Gasteiger partial charge in [0.25, 0.3) is 0 Å². The molecule has 3 aliphatic heterocycles. The van der Waals surface area contributed by atoms with Crippen LogP contribution in [0.5, 0.6) is 0 Å². The van der Waals surface area contributed by atoms with E-state index in [-0.39, 0.29) is 6.28 Å². The van der Waals surface area contributed by atoms with Crippen molar-refractivity contribution in [3.05, 3.63) is 0 Å². The molecule has 1 aliphatic carbocycles. The average Bonchev–Trinajstić information content (AvgIpc) is 2.30. The summed E-state index contributed by atoms with van der Waals surface area (Å²) in [4.78, 5) is 0. The maximum absolute atomic E-state index is 2.46. The molecule has 86 valence electrons. The Morgan fingerprint density at radius 2 is 1.40 bits per heavy atom. The molecule has 0 N–H and O–H groups in total. The predicted molar refractivity (Wildman–Crippen MR) is 67.1 cm³/mol. The van der Waals surface area contributed by atoms with Gasteiger partial charge in [0.2, 0.25) is 6.28 Å². The summed E-state index contributed by atoms with van der Waals surface area (Å²) in [5.41, 5.74) is 0. The van der Waals surface area contributed by atoms with E-state index in [4.69, 9.17) is 0 Å². The summed E-state index contributed by atoms with van der Waals surface area (Å²) in [5.74, 6) is 3.34. The molecule has 3 saturated heterocycles. The van der Waals surface area contributed by atoms with Crippen LogP contribution in [0, 0.1) is 17.8 Å². The van der Waals surface area contributed by atoms with Gasteiger partial charge in [-0.25, -0.2) is 0 Å². The van der Waals surface area contributed by atoms with E-state index in [9.17, 15) is 0 Å². The molecule has 3 heterocycles. The highest BCUT2D eigenvalue weighted by atomic mass is 15.2. The van der Waals surface area contributed by atoms with Gasteiger partial charge in [-0.3, -0.25) is 0 Å². The summed E-state index contributed by atoms with van der Waals surface area (Å²) in [6, 6.07) is 0. The van der Waals surface area contributed by atoms with Crippen molar-refractivity contribution < 1.29 is 4.39 Å². The molecule has 0 spiro atoms. The molecule has 4 rings (SSSR count). The minimum atomic E-state index is -0.0775. The number of quaternary nitrogens is 1. The Hall–Kier alpha value is 0.0249. The van der Waals surface area contributed by atoms with E-state index in [0.717, 1.165) is 17.8 Å². The lowest BCUT2D eigenvalue weighted by Crippen LogP contribution is -2.63. The second-order valence-corrected chi connectivity index (χ2v) is 7.88. The first-order chi connectivity index (χ1) is 6.98. The molecular formula is C13H26BN. The quantitative estimate of drug-likeness (QED) is 0.579. The van der Waals surface area contributed by atoms with Crippen molar-refractivity contribution in [1.29, 1.82) is 0 Å². The number of rotatable bonds is 1. The van der Waals surface area contributed by atoms with Crippen molar-refractivity contribution in [2.75, 3.05) is 21.1 Å². The Balaban J connectivity index is 1.97. The van der Waals surface area contributed by atoms with Crippen LogP contribution in [0.15, 0.2) is 0 Å². The highest BCUT2D eigenvalue weighted by molar-refractivity contribution is 6.73. The zero-order chi connectivity index (χ0) is 10.7. The van der Waals surface area contributed by atoms with Crippen LogP contribution >= 0.6 is 0 Å². The summed E-state index contributed by atoms with van der Waals surface area (Å²) in [6.07, 6.45) is 11.0. The van der Waals surface area contributed by atoms with Crippen LogP contribution < -0.4 is 0 Å². The van der Waals surface area contributed by atoms with Crippen molar-refractivity contribution >= 4 is 6.28 Å². The normalized spacial score (nSPS) is 49.4. The fourth-order valence-electron chi connectivity index (χ4n) is 5.46. The molecule has 4 bridgehead atoms. The highest BCUT2D eigenvalue weighted by Gasteiger charge is 2.51. The van der Waals surface area contributed by atoms with Gasteiger partial charge in [0.05, 0.1) is 0 Å². The number of nitrogens with zero attached hydrogens (tertiary/aromatic N) is 1. The van der Waals surface area contributed by atoms with Gasteiger partial charge in [-0.05, 0) is 5.92 Å². The van der Waals surface area contributed by atoms with Gasteiger partial charge in [-0.15, -0.1) is 19.0 Å². The summed E-state index contributed by atoms with van der Waals surface area (Å²) in [7, 11) is 7.39. The van der Waals surface area contributed by atoms with Gasteiger partial charge in [0.1, 0.15) is 0 Å². The van der Waals surface area contributed by atoms with Crippen molar-refractivity contribution in [3.63, 3.8) is 0 Å². The summed E-state index contributed by atoms with van der Waals surface area (Å²) >= 11 is 0. The van der Waals surface area contributed by atoms with E-state index < -0.39 is 0 Å². The standard InChI is InChI=1S/C13H26BN/c1-15(2,3)14-5-4-11-6-12(9-14)8-13(7-11)10-14/h11-13H,4-10H2,1-3H3. The third-order valence-corrected chi connectivity index (χ3v) is 6.30. The van der Waals surface area contributed by atoms with Gasteiger partial charge >= 0.3 is 0 Å². The molecule has 1 nitrogen and oxygen atoms in total. The summed E-state index contributed by atoms with van der Waals surface area (Å²) in [6.45, 7) is 0. The molecule has 0 aromatic rings. The van der Waals surface area contributed by atoms with Gasteiger partial charge in [-0.2, -0.15) is 0 Å². The maximum atomic E-state index is 2.46. The molecule has 0 radical (unpaired) electrons. The topological polar surface area (TPSA) is 0 Å². The first-order valence-corrected chi connectivity index (χ1v) is 7.00. The molecule has 0 amide bonds. The van der Waals surface area contributed by atoms with E-state index >= 15 is 0 Å². The second-order valence-electron chi connectivity index (χ2n) is 7.88. The lowest BCUT2D eigenvalue weighted by molar-refractivity contribution is -0.770. The van der Waals surface area contributed by atoms with Gasteiger partial charge in [0, 0.05) is 21.1 Å². The minimum absolute atomic E-state index is 0.0775. The SMILES string of the molecule is C[N+](C)(C)[B-]12CCC3CC(CC(C3)C1)C2. The van der Waals surface area contributed by atoms with Crippen molar-refractivity contribution in [3.8, 4) is 0 Å². The molecule has 4 fully saturated rings. The van der Waals surface area contributed by atoms with E-state index in [0.29, 0.717) is 0 Å². The Morgan fingerprint density at radius 1 is 0.867 bits per heavy atom. The van der Waals surface area contributed by atoms with Crippen LogP contribution in [-0.2, 0) is 0 Å². The van der Waals surface area contributed by atoms with Crippen LogP contribution in [-0.4, -0.2) is 31.8 Å². The van der Waals surface area contributed by atoms with Crippen molar-refractivity contribution in [2.24, 2.45) is 17.8 Å². The lowest BCUT2D eigenvalue weighted by atomic mass is 9.22. The Morgan fingerprint density at radius 3 is 1.93 bits per heavy atom. The monoisotopic (exact) mass is 207 g/mol. The molecule has 2 heteroatoms. The van der Waals surface area contributed by atoms with Crippen LogP contribution in [0.25, 0.3) is 0 Å². The number of hydrogen-bond donors (Lipinski definition) is 0. The van der Waals surface area contributed by atoms with Gasteiger partial charge < -0.3 is 4.39 Å². The van der Waals surface area contributed by atoms with Crippen LogP contribution in [0.3, 0.4) is 0 Å². The van der Waals surface area contributed by atoms with E-state index in [1.165, 1.54) is 4.39 Å². The van der Waals surface area contributed by atoms with Crippen LogP contribution in [0.1, 0.15) is 25.7 Å². The Bertz CT molecular complexity index is 254. The van der Waals surface area contributed by atoms with Gasteiger partial charge in [-0.1, -0.05) is 37.5 Å². The molecule has 0 aromatic carbocycles. The summed E-state index contributed by atoms with van der Waals surface area (Å²) < 4.78 is 1.28. The van der Waals surface area contributed by atoms with Crippen LogP contribution in [0.2, 0.25) is 19.0 Å². The third kappa shape index (κ3) is 1.48. The molecule has 2 unspecified atom stereocenters. The fourth-order valence-corrected chi connectivity index (χ4v) is 5.46. The molecule has 2 atom stereocenters. The van der Waals surface area contributed by atoms with Crippen molar-refractivity contribution in [1.82, 2.24) is 0 Å². The second kappa shape index (κ2) is 3.03. The Labute approximate surface area is 94.8 Å². The zero-order valence-corrected chi connectivity index (χ0v) is 10.7. The minimum Gasteiger partial charge on any atom is -0.522 e. The van der Waals surface area contributed by atoms with Crippen molar-refractivity contribution in [2.45, 2.75) is 44.6 Å². The average molecular weight is 207 g/mol. The number of hydrogen-bond acceptors (Lipinski definition) is 0. The van der Waals surface area contributed by atoms with E-state index in [1.807, 2.05) is 0 Å². The van der Waals surface area contributed by atoms with E-state index in [2.05, 4.69) is 21.1 Å². The molecule has 15 heavy (non-hydrogen) atoms. The highest BCUT2D eigenvalue weighted by Crippen LogP contribution is 2.55. The summed E-state index contributed by atoms with van der Waals surface area (Å²) in [5, 5.41) is 0. The molecule has 1 saturated carbocycles. The largest absolute Gasteiger partial charge is 0.522 e. The Kier molecular flexibility index (Phi) is 2.06. The van der Waals surface area contributed by atoms with Gasteiger partial charge in [0.15, 0.2) is 0 Å². The fraction of sp³-hybridized carbons (Fsp3) is 1.00. The molecule has 4 aliphatic rings.